The Morgan fingerprint density at radius 3 is 2.53 bits per heavy atom. The molecular weight excluding hydrogens is 444 g/mol. The minimum Gasteiger partial charge on any atom is -0.502 e. The topological polar surface area (TPSA) is 100 Å². The van der Waals surface area contributed by atoms with Crippen molar-refractivity contribution >= 4 is 34.7 Å². The van der Waals surface area contributed by atoms with Crippen molar-refractivity contribution < 1.29 is 23.5 Å². The van der Waals surface area contributed by atoms with E-state index in [2.05, 4.69) is 10.3 Å². The number of benzene rings is 3. The van der Waals surface area contributed by atoms with Gasteiger partial charge in [-0.15, -0.1) is 12.4 Å². The monoisotopic (exact) mass is 461 g/mol. The molecule has 4 aromatic rings. The Hall–Kier alpha value is -3.85. The summed E-state index contributed by atoms with van der Waals surface area (Å²) in [7, 11) is 1.52. The number of phenols is 1. The number of nitro benzene ring substituents is 1. The number of hydrogen-bond acceptors (Lipinski definition) is 5. The molecule has 0 amide bonds. The highest BCUT2D eigenvalue weighted by Crippen LogP contribution is 2.33. The molecule has 0 spiro atoms. The van der Waals surface area contributed by atoms with Crippen molar-refractivity contribution in [3.63, 3.8) is 0 Å². The van der Waals surface area contributed by atoms with E-state index < -0.39 is 22.3 Å². The largest absolute Gasteiger partial charge is 0.502 e. The quantitative estimate of drug-likeness (QED) is 0.250. The first-order valence-electron chi connectivity index (χ1n) is 9.22. The van der Waals surface area contributed by atoms with Gasteiger partial charge in [-0.05, 0) is 42.0 Å². The summed E-state index contributed by atoms with van der Waals surface area (Å²) in [6.07, 6.45) is 0. The van der Waals surface area contributed by atoms with Gasteiger partial charge in [0.1, 0.15) is 5.75 Å². The van der Waals surface area contributed by atoms with Gasteiger partial charge in [-0.2, -0.15) is 0 Å². The van der Waals surface area contributed by atoms with E-state index in [1.165, 1.54) is 19.2 Å². The summed E-state index contributed by atoms with van der Waals surface area (Å²) >= 11 is 0. The van der Waals surface area contributed by atoms with E-state index in [0.717, 1.165) is 17.7 Å². The molecule has 1 aromatic heterocycles. The maximum Gasteiger partial charge on any atom is 0.310 e. The normalized spacial score (nSPS) is 10.6. The van der Waals surface area contributed by atoms with Crippen molar-refractivity contribution in [2.45, 2.75) is 6.54 Å². The van der Waals surface area contributed by atoms with E-state index in [-0.39, 0.29) is 24.6 Å². The highest BCUT2D eigenvalue weighted by atomic mass is 35.5. The Balaban J connectivity index is 0.00000289. The predicted octanol–water partition coefficient (Wildman–Crippen LogP) is 5.77. The average molecular weight is 462 g/mol. The van der Waals surface area contributed by atoms with Crippen LogP contribution in [-0.2, 0) is 6.54 Å². The molecule has 10 heteroatoms. The third kappa shape index (κ3) is 4.42. The van der Waals surface area contributed by atoms with Crippen LogP contribution in [0.15, 0.2) is 54.6 Å². The fourth-order valence-corrected chi connectivity index (χ4v) is 3.33. The summed E-state index contributed by atoms with van der Waals surface area (Å²) < 4.78 is 32.4. The SMILES string of the molecule is COc1ccc(-c2cc3cc(F)c(F)cc3[nH]2)cc1NCc1ccc([N+](=O)[O-])c(O)c1.Cl. The number of fused-ring (bicyclic) bond motifs is 1. The van der Waals surface area contributed by atoms with Crippen molar-refractivity contribution in [2.75, 3.05) is 12.4 Å². The second-order valence-electron chi connectivity index (χ2n) is 6.89. The molecule has 0 aliphatic carbocycles. The molecule has 0 bridgehead atoms. The summed E-state index contributed by atoms with van der Waals surface area (Å²) in [4.78, 5) is 13.3. The first-order chi connectivity index (χ1) is 14.9. The van der Waals surface area contributed by atoms with Crippen molar-refractivity contribution in [1.29, 1.82) is 0 Å². The van der Waals surface area contributed by atoms with Crippen LogP contribution in [0.5, 0.6) is 11.5 Å². The summed E-state index contributed by atoms with van der Waals surface area (Å²) in [6.45, 7) is 0.272. The molecule has 0 radical (unpaired) electrons. The lowest BCUT2D eigenvalue weighted by molar-refractivity contribution is -0.385. The Morgan fingerprint density at radius 1 is 1.09 bits per heavy atom. The number of nitrogens with zero attached hydrogens (tertiary/aromatic N) is 1. The van der Waals surface area contributed by atoms with E-state index >= 15 is 0 Å². The number of hydrogen-bond donors (Lipinski definition) is 3. The summed E-state index contributed by atoms with van der Waals surface area (Å²) in [5.41, 5.74) is 2.79. The van der Waals surface area contributed by atoms with E-state index in [0.29, 0.717) is 33.6 Å². The van der Waals surface area contributed by atoms with Crippen LogP contribution in [-0.4, -0.2) is 22.1 Å². The summed E-state index contributed by atoms with van der Waals surface area (Å²) in [5, 5.41) is 24.4. The molecule has 0 saturated carbocycles. The van der Waals surface area contributed by atoms with E-state index in [9.17, 15) is 24.0 Å². The molecule has 7 nitrogen and oxygen atoms in total. The number of aromatic nitrogens is 1. The molecular formula is C22H18ClF2N3O4. The van der Waals surface area contributed by atoms with Crippen LogP contribution in [0.1, 0.15) is 5.56 Å². The van der Waals surface area contributed by atoms with Crippen molar-refractivity contribution in [2.24, 2.45) is 0 Å². The molecule has 0 aliphatic heterocycles. The fourth-order valence-electron chi connectivity index (χ4n) is 3.33. The van der Waals surface area contributed by atoms with Crippen LogP contribution in [0.25, 0.3) is 22.2 Å². The Bertz CT molecular complexity index is 1270. The number of nitro groups is 1. The second-order valence-corrected chi connectivity index (χ2v) is 6.89. The van der Waals surface area contributed by atoms with Gasteiger partial charge in [0.2, 0.25) is 0 Å². The number of methoxy groups -OCH3 is 1. The maximum absolute atomic E-state index is 13.5. The van der Waals surface area contributed by atoms with Gasteiger partial charge in [-0.1, -0.05) is 6.07 Å². The number of anilines is 1. The third-order valence-corrected chi connectivity index (χ3v) is 4.89. The number of ether oxygens (including phenoxy) is 1. The average Bonchev–Trinajstić information content (AvgIpc) is 3.14. The molecule has 0 aliphatic rings. The number of nitrogens with one attached hydrogen (secondary N) is 2. The molecule has 3 aromatic carbocycles. The van der Waals surface area contributed by atoms with Gasteiger partial charge in [0, 0.05) is 40.8 Å². The molecule has 0 unspecified atom stereocenters. The number of aromatic amines is 1. The van der Waals surface area contributed by atoms with Crippen molar-refractivity contribution in [1.82, 2.24) is 4.98 Å². The lowest BCUT2D eigenvalue weighted by Gasteiger charge is -2.13. The molecule has 32 heavy (non-hydrogen) atoms. The van der Waals surface area contributed by atoms with Crippen LogP contribution >= 0.6 is 12.4 Å². The molecule has 0 atom stereocenters. The van der Waals surface area contributed by atoms with Gasteiger partial charge in [0.05, 0.1) is 17.7 Å². The minimum absolute atomic E-state index is 0. The van der Waals surface area contributed by atoms with Gasteiger partial charge in [-0.3, -0.25) is 10.1 Å². The minimum atomic E-state index is -0.927. The van der Waals surface area contributed by atoms with E-state index in [1.807, 2.05) is 6.07 Å². The Morgan fingerprint density at radius 2 is 1.84 bits per heavy atom. The van der Waals surface area contributed by atoms with Crippen LogP contribution < -0.4 is 10.1 Å². The maximum atomic E-state index is 13.5. The molecule has 3 N–H and O–H groups in total. The first kappa shape index (κ1) is 22.8. The molecule has 1 heterocycles. The van der Waals surface area contributed by atoms with Gasteiger partial charge in [-0.25, -0.2) is 8.78 Å². The van der Waals surface area contributed by atoms with Gasteiger partial charge >= 0.3 is 5.69 Å². The number of halogens is 3. The van der Waals surface area contributed by atoms with Crippen LogP contribution in [0.4, 0.5) is 20.2 Å². The zero-order valence-electron chi connectivity index (χ0n) is 16.7. The van der Waals surface area contributed by atoms with Crippen LogP contribution in [0.3, 0.4) is 0 Å². The smallest absolute Gasteiger partial charge is 0.310 e. The van der Waals surface area contributed by atoms with Gasteiger partial charge in [0.15, 0.2) is 17.4 Å². The third-order valence-electron chi connectivity index (χ3n) is 4.89. The van der Waals surface area contributed by atoms with Crippen LogP contribution in [0.2, 0.25) is 0 Å². The zero-order valence-corrected chi connectivity index (χ0v) is 17.5. The number of H-pyrrole nitrogens is 1. The summed E-state index contributed by atoms with van der Waals surface area (Å²) in [6, 6.07) is 13.4. The van der Waals surface area contributed by atoms with Crippen LogP contribution in [0, 0.1) is 21.7 Å². The predicted molar refractivity (Wildman–Crippen MR) is 120 cm³/mol. The molecule has 4 rings (SSSR count). The standard InChI is InChI=1S/C22H17F2N3O4.ClH/c1-31-22-5-3-13(17-9-14-7-15(23)16(24)10-18(14)26-17)8-19(22)25-11-12-2-4-20(27(29)30)21(28)6-12;/h2-10,25-26,28H,11H2,1H3;1H. The Labute approximate surface area is 187 Å². The molecule has 0 fully saturated rings. The van der Waals surface area contributed by atoms with E-state index in [4.69, 9.17) is 4.74 Å². The first-order valence-corrected chi connectivity index (χ1v) is 9.22. The lowest BCUT2D eigenvalue weighted by Crippen LogP contribution is -2.02. The highest BCUT2D eigenvalue weighted by Gasteiger charge is 2.14. The Kier molecular flexibility index (Phi) is 6.50. The van der Waals surface area contributed by atoms with Crippen molar-refractivity contribution in [3.05, 3.63) is 81.9 Å². The zero-order chi connectivity index (χ0) is 22.1. The van der Waals surface area contributed by atoms with E-state index in [1.54, 1.807) is 24.3 Å². The lowest BCUT2D eigenvalue weighted by atomic mass is 10.1. The number of aromatic hydroxyl groups is 1. The fraction of sp³-hybridized carbons (Fsp3) is 0.0909. The van der Waals surface area contributed by atoms with Gasteiger partial charge < -0.3 is 20.1 Å². The van der Waals surface area contributed by atoms with Crippen molar-refractivity contribution in [3.8, 4) is 22.8 Å². The number of phenolic OH excluding ortho intramolecular Hbond substituents is 1. The molecule has 0 saturated heterocycles. The highest BCUT2D eigenvalue weighted by molar-refractivity contribution is 5.87. The molecule has 166 valence electrons. The summed E-state index contributed by atoms with van der Waals surface area (Å²) in [5.74, 6) is -1.70. The number of rotatable bonds is 6. The van der Waals surface area contributed by atoms with Gasteiger partial charge in [0.25, 0.3) is 0 Å². The second kappa shape index (κ2) is 9.11.